The van der Waals surface area contributed by atoms with Crippen molar-refractivity contribution in [2.45, 2.75) is 13.8 Å². The molecular weight excluding hydrogens is 328 g/mol. The Labute approximate surface area is 146 Å². The van der Waals surface area contributed by atoms with Crippen molar-refractivity contribution >= 4 is 28.7 Å². The largest absolute Gasteiger partial charge is 0.370 e. The summed E-state index contributed by atoms with van der Waals surface area (Å²) in [7, 11) is 0. The van der Waals surface area contributed by atoms with Gasteiger partial charge in [-0.3, -0.25) is 0 Å². The van der Waals surface area contributed by atoms with Gasteiger partial charge in [-0.15, -0.1) is 0 Å². The molecule has 3 nitrogen and oxygen atoms in total. The van der Waals surface area contributed by atoms with Crippen molar-refractivity contribution in [3.63, 3.8) is 0 Å². The second kappa shape index (κ2) is 8.59. The number of nitrogens with one attached hydrogen (secondary N) is 2. The van der Waals surface area contributed by atoms with Crippen LogP contribution in [0.4, 0.5) is 20.2 Å². The molecule has 0 fully saturated rings. The first-order valence-corrected chi connectivity index (χ1v) is 8.22. The van der Waals surface area contributed by atoms with Gasteiger partial charge in [-0.2, -0.15) is 0 Å². The summed E-state index contributed by atoms with van der Waals surface area (Å²) in [6.07, 6.45) is 0. The summed E-state index contributed by atoms with van der Waals surface area (Å²) in [4.78, 5) is 2.23. The highest BCUT2D eigenvalue weighted by molar-refractivity contribution is 7.80. The molecule has 2 rings (SSSR count). The molecule has 24 heavy (non-hydrogen) atoms. The van der Waals surface area contributed by atoms with Crippen molar-refractivity contribution < 1.29 is 8.78 Å². The molecule has 2 N–H and O–H groups in total. The average Bonchev–Trinajstić information content (AvgIpc) is 2.56. The molecule has 0 spiro atoms. The van der Waals surface area contributed by atoms with E-state index in [9.17, 15) is 8.78 Å². The Bertz CT molecular complexity index is 689. The minimum Gasteiger partial charge on any atom is -0.370 e. The number of hydrogen-bond donors (Lipinski definition) is 2. The van der Waals surface area contributed by atoms with E-state index in [1.165, 1.54) is 11.6 Å². The lowest BCUT2D eigenvalue weighted by atomic mass is 10.2. The highest BCUT2D eigenvalue weighted by atomic mass is 32.1. The van der Waals surface area contributed by atoms with Gasteiger partial charge in [0.2, 0.25) is 0 Å². The third kappa shape index (κ3) is 5.16. The van der Waals surface area contributed by atoms with Gasteiger partial charge in [0.15, 0.2) is 16.7 Å². The van der Waals surface area contributed by atoms with Crippen LogP contribution in [0.5, 0.6) is 0 Å². The molecule has 0 amide bonds. The second-order valence-corrected chi connectivity index (χ2v) is 5.83. The van der Waals surface area contributed by atoms with Crippen LogP contribution >= 0.6 is 12.2 Å². The molecule has 0 heterocycles. The molecule has 0 radical (unpaired) electrons. The zero-order valence-corrected chi connectivity index (χ0v) is 14.6. The van der Waals surface area contributed by atoms with Crippen LogP contribution in [0, 0.1) is 18.6 Å². The Balaban J connectivity index is 1.82. The fourth-order valence-electron chi connectivity index (χ4n) is 2.28. The number of nitrogens with zero attached hydrogens (tertiary/aromatic N) is 1. The standard InChI is InChI=1S/C18H21F2N3S/c1-3-23(15-7-4-13(2)5-8-15)11-10-21-18(24)22-14-6-9-16(19)17(20)12-14/h4-9,12H,3,10-11H2,1-2H3,(H2,21,22,24). The van der Waals surface area contributed by atoms with E-state index >= 15 is 0 Å². The molecule has 0 aliphatic rings. The number of hydrogen-bond acceptors (Lipinski definition) is 2. The summed E-state index contributed by atoms with van der Waals surface area (Å²) in [6.45, 7) is 6.45. The molecule has 0 atom stereocenters. The van der Waals surface area contributed by atoms with Crippen molar-refractivity contribution in [3.8, 4) is 0 Å². The minimum absolute atomic E-state index is 0.376. The average molecular weight is 349 g/mol. The highest BCUT2D eigenvalue weighted by Gasteiger charge is 2.06. The monoisotopic (exact) mass is 349 g/mol. The summed E-state index contributed by atoms with van der Waals surface area (Å²) in [5.74, 6) is -1.78. The zero-order valence-electron chi connectivity index (χ0n) is 13.8. The molecule has 2 aromatic carbocycles. The Hall–Kier alpha value is -2.21. The Kier molecular flexibility index (Phi) is 6.49. The number of thiocarbonyl (C=S) groups is 1. The smallest absolute Gasteiger partial charge is 0.170 e. The fraction of sp³-hybridized carbons (Fsp3) is 0.278. The van der Waals surface area contributed by atoms with Crippen LogP contribution in [-0.4, -0.2) is 24.7 Å². The molecule has 128 valence electrons. The Morgan fingerprint density at radius 2 is 1.79 bits per heavy atom. The summed E-state index contributed by atoms with van der Waals surface area (Å²) in [5.41, 5.74) is 2.80. The van der Waals surface area contributed by atoms with Gasteiger partial charge in [0.1, 0.15) is 0 Å². The SMILES string of the molecule is CCN(CCNC(=S)Nc1ccc(F)c(F)c1)c1ccc(C)cc1. The predicted octanol–water partition coefficient (Wildman–Crippen LogP) is 4.09. The third-order valence-electron chi connectivity index (χ3n) is 3.63. The van der Waals surface area contributed by atoms with Gasteiger partial charge in [0, 0.05) is 37.1 Å². The number of aryl methyl sites for hydroxylation is 1. The van der Waals surface area contributed by atoms with Gasteiger partial charge in [-0.1, -0.05) is 17.7 Å². The summed E-state index contributed by atoms with van der Waals surface area (Å²) >= 11 is 5.18. The number of anilines is 2. The van der Waals surface area contributed by atoms with Crippen LogP contribution in [0.3, 0.4) is 0 Å². The molecule has 0 saturated carbocycles. The molecule has 6 heteroatoms. The van der Waals surface area contributed by atoms with Gasteiger partial charge in [0.05, 0.1) is 0 Å². The molecule has 0 bridgehead atoms. The maximum atomic E-state index is 13.2. The number of likely N-dealkylation sites (N-methyl/N-ethyl adjacent to an activating group) is 1. The first kappa shape index (κ1) is 18.1. The highest BCUT2D eigenvalue weighted by Crippen LogP contribution is 2.14. The summed E-state index contributed by atoms with van der Waals surface area (Å²) in [5, 5.41) is 6.29. The Morgan fingerprint density at radius 1 is 1.08 bits per heavy atom. The van der Waals surface area contributed by atoms with Crippen LogP contribution < -0.4 is 15.5 Å². The van der Waals surface area contributed by atoms with E-state index in [2.05, 4.69) is 53.6 Å². The first-order chi connectivity index (χ1) is 11.5. The lowest BCUT2D eigenvalue weighted by Crippen LogP contribution is -2.36. The van der Waals surface area contributed by atoms with E-state index in [0.29, 0.717) is 17.3 Å². The number of rotatable bonds is 6. The molecule has 2 aromatic rings. The van der Waals surface area contributed by atoms with Crippen molar-refractivity contribution in [1.82, 2.24) is 5.32 Å². The van der Waals surface area contributed by atoms with Crippen molar-refractivity contribution in [2.24, 2.45) is 0 Å². The van der Waals surface area contributed by atoms with Crippen LogP contribution in [0.1, 0.15) is 12.5 Å². The van der Waals surface area contributed by atoms with Gasteiger partial charge in [-0.25, -0.2) is 8.78 Å². The predicted molar refractivity (Wildman–Crippen MR) is 99.6 cm³/mol. The summed E-state index contributed by atoms with van der Waals surface area (Å²) < 4.78 is 26.1. The topological polar surface area (TPSA) is 27.3 Å². The van der Waals surface area contributed by atoms with E-state index in [0.717, 1.165) is 30.9 Å². The van der Waals surface area contributed by atoms with Crippen molar-refractivity contribution in [3.05, 3.63) is 59.7 Å². The van der Waals surface area contributed by atoms with Crippen molar-refractivity contribution in [2.75, 3.05) is 29.9 Å². The van der Waals surface area contributed by atoms with E-state index < -0.39 is 11.6 Å². The fourth-order valence-corrected chi connectivity index (χ4v) is 2.50. The quantitative estimate of drug-likeness (QED) is 0.768. The number of halogens is 2. The van der Waals surface area contributed by atoms with Crippen LogP contribution in [0.25, 0.3) is 0 Å². The lowest BCUT2D eigenvalue weighted by Gasteiger charge is -2.24. The molecule has 0 aliphatic carbocycles. The first-order valence-electron chi connectivity index (χ1n) is 7.81. The van der Waals surface area contributed by atoms with Crippen LogP contribution in [0.15, 0.2) is 42.5 Å². The van der Waals surface area contributed by atoms with E-state index in [4.69, 9.17) is 12.2 Å². The van der Waals surface area contributed by atoms with Gasteiger partial charge >= 0.3 is 0 Å². The maximum absolute atomic E-state index is 13.2. The molecular formula is C18H21F2N3S. The van der Waals surface area contributed by atoms with Crippen LogP contribution in [0.2, 0.25) is 0 Å². The molecule has 0 saturated heterocycles. The van der Waals surface area contributed by atoms with E-state index in [1.54, 1.807) is 0 Å². The second-order valence-electron chi connectivity index (χ2n) is 5.43. The van der Waals surface area contributed by atoms with E-state index in [1.807, 2.05) is 0 Å². The van der Waals surface area contributed by atoms with Gasteiger partial charge < -0.3 is 15.5 Å². The normalized spacial score (nSPS) is 10.3. The van der Waals surface area contributed by atoms with Crippen LogP contribution in [-0.2, 0) is 0 Å². The molecule has 0 aliphatic heterocycles. The van der Waals surface area contributed by atoms with Crippen molar-refractivity contribution in [1.29, 1.82) is 0 Å². The zero-order chi connectivity index (χ0) is 17.5. The van der Waals surface area contributed by atoms with Gasteiger partial charge in [0.25, 0.3) is 0 Å². The molecule has 0 aromatic heterocycles. The lowest BCUT2D eigenvalue weighted by molar-refractivity contribution is 0.509. The minimum atomic E-state index is -0.903. The Morgan fingerprint density at radius 3 is 2.42 bits per heavy atom. The number of benzene rings is 2. The van der Waals surface area contributed by atoms with Gasteiger partial charge in [-0.05, 0) is 50.3 Å². The molecule has 0 unspecified atom stereocenters. The summed E-state index contributed by atoms with van der Waals surface area (Å²) in [6, 6.07) is 11.9. The maximum Gasteiger partial charge on any atom is 0.170 e. The third-order valence-corrected chi connectivity index (χ3v) is 3.87. The van der Waals surface area contributed by atoms with E-state index in [-0.39, 0.29) is 0 Å².